The highest BCUT2D eigenvalue weighted by molar-refractivity contribution is 7.99. The van der Waals surface area contributed by atoms with Crippen molar-refractivity contribution in [2.24, 2.45) is 5.92 Å². The molecule has 4 nitrogen and oxygen atoms in total. The zero-order valence-electron chi connectivity index (χ0n) is 14.0. The summed E-state index contributed by atoms with van der Waals surface area (Å²) in [4.78, 5) is 24.8. The quantitative estimate of drug-likeness (QED) is 0.769. The number of nitrogens with one attached hydrogen (secondary N) is 1. The van der Waals surface area contributed by atoms with E-state index in [9.17, 15) is 14.9 Å². The van der Waals surface area contributed by atoms with Gasteiger partial charge in [-0.05, 0) is 25.3 Å². The molecule has 1 fully saturated rings. The molecule has 1 aliphatic carbocycles. The molecule has 1 saturated carbocycles. The summed E-state index contributed by atoms with van der Waals surface area (Å²) < 4.78 is 0. The van der Waals surface area contributed by atoms with Crippen molar-refractivity contribution in [2.45, 2.75) is 56.1 Å². The Morgan fingerprint density at radius 3 is 2.54 bits per heavy atom. The van der Waals surface area contributed by atoms with E-state index in [0.29, 0.717) is 5.75 Å². The second-order valence-electron chi connectivity index (χ2n) is 6.25. The van der Waals surface area contributed by atoms with E-state index in [4.69, 9.17) is 0 Å². The molecule has 5 heteroatoms. The van der Waals surface area contributed by atoms with Crippen LogP contribution in [0, 0.1) is 17.2 Å². The summed E-state index contributed by atoms with van der Waals surface area (Å²) >= 11 is 1.46. The number of amides is 1. The molecule has 1 N–H and O–H groups in total. The van der Waals surface area contributed by atoms with Gasteiger partial charge in [-0.25, -0.2) is 0 Å². The van der Waals surface area contributed by atoms with Gasteiger partial charge in [-0.15, -0.1) is 11.8 Å². The molecule has 0 aromatic heterocycles. The van der Waals surface area contributed by atoms with Crippen LogP contribution in [0.25, 0.3) is 0 Å². The zero-order chi connectivity index (χ0) is 17.4. The lowest BCUT2D eigenvalue weighted by atomic mass is 9.94. The van der Waals surface area contributed by atoms with Gasteiger partial charge >= 0.3 is 0 Å². The van der Waals surface area contributed by atoms with Gasteiger partial charge in [0, 0.05) is 11.8 Å². The Morgan fingerprint density at radius 2 is 1.92 bits per heavy atom. The first-order valence-electron chi connectivity index (χ1n) is 8.51. The lowest BCUT2D eigenvalue weighted by Crippen LogP contribution is -2.43. The number of carbonyl (C=O) groups excluding carboxylic acids is 2. The highest BCUT2D eigenvalue weighted by Crippen LogP contribution is 2.22. The molecule has 1 aliphatic rings. The van der Waals surface area contributed by atoms with Gasteiger partial charge in [-0.1, -0.05) is 49.6 Å². The van der Waals surface area contributed by atoms with Crippen LogP contribution in [-0.2, 0) is 15.3 Å². The molecule has 0 aliphatic heterocycles. The van der Waals surface area contributed by atoms with Crippen LogP contribution in [0.15, 0.2) is 30.3 Å². The van der Waals surface area contributed by atoms with Crippen LogP contribution in [0.4, 0.5) is 0 Å². The lowest BCUT2D eigenvalue weighted by Gasteiger charge is -2.24. The van der Waals surface area contributed by atoms with Crippen LogP contribution in [-0.4, -0.2) is 23.0 Å². The molecule has 1 amide bonds. The van der Waals surface area contributed by atoms with Gasteiger partial charge in [0.1, 0.15) is 0 Å². The highest BCUT2D eigenvalue weighted by Gasteiger charge is 2.31. The first-order chi connectivity index (χ1) is 11.6. The molecule has 0 saturated heterocycles. The highest BCUT2D eigenvalue weighted by atomic mass is 32.2. The fourth-order valence-electron chi connectivity index (χ4n) is 2.90. The number of hydrogen-bond donors (Lipinski definition) is 1. The molecule has 0 radical (unpaired) electrons. The van der Waals surface area contributed by atoms with Crippen LogP contribution in [0.5, 0.6) is 0 Å². The molecular formula is C19H24N2O2S. The number of thioether (sulfide) groups is 1. The van der Waals surface area contributed by atoms with Gasteiger partial charge in [0.2, 0.25) is 5.91 Å². The summed E-state index contributed by atoms with van der Waals surface area (Å²) in [6.45, 7) is 1.77. The van der Waals surface area contributed by atoms with E-state index in [1.165, 1.54) is 18.2 Å². The summed E-state index contributed by atoms with van der Waals surface area (Å²) in [5.41, 5.74) is 1.13. The Morgan fingerprint density at radius 1 is 1.25 bits per heavy atom. The Balaban J connectivity index is 1.87. The number of Topliss-reactive ketones (excluding diaryl/α,β-unsaturated/α-hetero) is 1. The molecule has 2 rings (SSSR count). The number of nitriles is 1. The van der Waals surface area contributed by atoms with E-state index in [0.717, 1.165) is 31.2 Å². The minimum Gasteiger partial charge on any atom is -0.352 e. The van der Waals surface area contributed by atoms with E-state index in [1.807, 2.05) is 36.4 Å². The summed E-state index contributed by atoms with van der Waals surface area (Å²) in [5, 5.41) is 11.8. The van der Waals surface area contributed by atoms with Crippen molar-refractivity contribution in [1.29, 1.82) is 5.26 Å². The maximum absolute atomic E-state index is 12.5. The number of ketones is 1. The molecule has 0 spiro atoms. The van der Waals surface area contributed by atoms with Gasteiger partial charge in [-0.2, -0.15) is 5.26 Å². The van der Waals surface area contributed by atoms with Gasteiger partial charge < -0.3 is 5.32 Å². The fourth-order valence-corrected chi connectivity index (χ4v) is 3.83. The molecule has 0 bridgehead atoms. The predicted octanol–water partition coefficient (Wildman–Crippen LogP) is 3.47. The smallest absolute Gasteiger partial charge is 0.245 e. The predicted molar refractivity (Wildman–Crippen MR) is 96.3 cm³/mol. The molecule has 2 unspecified atom stereocenters. The van der Waals surface area contributed by atoms with Gasteiger partial charge in [0.15, 0.2) is 11.7 Å². The van der Waals surface area contributed by atoms with Crippen molar-refractivity contribution in [3.8, 4) is 6.07 Å². The summed E-state index contributed by atoms with van der Waals surface area (Å²) in [5.74, 6) is -1.24. The zero-order valence-corrected chi connectivity index (χ0v) is 14.8. The van der Waals surface area contributed by atoms with E-state index < -0.39 is 11.8 Å². The number of nitrogens with zero attached hydrogens (tertiary/aromatic N) is 1. The monoisotopic (exact) mass is 344 g/mol. The molecule has 128 valence electrons. The Bertz CT molecular complexity index is 591. The molecule has 24 heavy (non-hydrogen) atoms. The van der Waals surface area contributed by atoms with Gasteiger partial charge in [0.05, 0.1) is 11.3 Å². The Labute approximate surface area is 148 Å². The van der Waals surface area contributed by atoms with Crippen LogP contribution in [0.1, 0.15) is 44.6 Å². The van der Waals surface area contributed by atoms with Gasteiger partial charge in [-0.3, -0.25) is 9.59 Å². The summed E-state index contributed by atoms with van der Waals surface area (Å²) in [7, 11) is 0. The summed E-state index contributed by atoms with van der Waals surface area (Å²) in [6, 6.07) is 11.9. The van der Waals surface area contributed by atoms with Crippen LogP contribution < -0.4 is 5.32 Å². The first kappa shape index (κ1) is 18.5. The average Bonchev–Trinajstić information content (AvgIpc) is 2.62. The third kappa shape index (κ3) is 5.38. The van der Waals surface area contributed by atoms with Crippen molar-refractivity contribution in [3.63, 3.8) is 0 Å². The molecule has 1 aromatic carbocycles. The topological polar surface area (TPSA) is 70.0 Å². The normalized spacial score (nSPS) is 17.5. The minimum absolute atomic E-state index is 0.113. The number of rotatable bonds is 7. The van der Waals surface area contributed by atoms with Crippen LogP contribution in [0.3, 0.4) is 0 Å². The molecule has 0 heterocycles. The van der Waals surface area contributed by atoms with Gasteiger partial charge in [0.25, 0.3) is 0 Å². The number of benzene rings is 1. The summed E-state index contributed by atoms with van der Waals surface area (Å²) in [6.07, 6.45) is 5.27. The second kappa shape index (κ2) is 9.48. The molecule has 1 aromatic rings. The fraction of sp³-hybridized carbons (Fsp3) is 0.526. The van der Waals surface area contributed by atoms with Crippen molar-refractivity contribution in [3.05, 3.63) is 35.9 Å². The largest absolute Gasteiger partial charge is 0.352 e. The van der Waals surface area contributed by atoms with E-state index in [-0.39, 0.29) is 17.1 Å². The molecule has 2 atom stereocenters. The SMILES string of the molecule is CC(SCc1ccccc1)C(=O)C(C#N)C(=O)NC1CCCCC1. The maximum atomic E-state index is 12.5. The lowest BCUT2D eigenvalue weighted by molar-refractivity contribution is -0.131. The van der Waals surface area contributed by atoms with E-state index in [2.05, 4.69) is 5.32 Å². The number of hydrogen-bond acceptors (Lipinski definition) is 4. The van der Waals surface area contributed by atoms with Crippen molar-refractivity contribution in [1.82, 2.24) is 5.32 Å². The van der Waals surface area contributed by atoms with Crippen LogP contribution >= 0.6 is 11.8 Å². The minimum atomic E-state index is -1.20. The average molecular weight is 344 g/mol. The third-order valence-electron chi connectivity index (χ3n) is 4.37. The standard InChI is InChI=1S/C19H24N2O2S/c1-14(24-13-15-8-4-2-5-9-15)18(22)17(12-20)19(23)21-16-10-6-3-7-11-16/h2,4-5,8-9,14,16-17H,3,6-7,10-11,13H2,1H3,(H,21,23). The third-order valence-corrected chi connectivity index (χ3v) is 5.60. The second-order valence-corrected chi connectivity index (χ2v) is 7.58. The van der Waals surface area contributed by atoms with Crippen molar-refractivity contribution >= 4 is 23.5 Å². The molecular weight excluding hydrogens is 320 g/mol. The van der Waals surface area contributed by atoms with Crippen LogP contribution in [0.2, 0.25) is 0 Å². The number of carbonyl (C=O) groups is 2. The van der Waals surface area contributed by atoms with E-state index in [1.54, 1.807) is 6.92 Å². The van der Waals surface area contributed by atoms with Crippen molar-refractivity contribution < 1.29 is 9.59 Å². The van der Waals surface area contributed by atoms with Crippen molar-refractivity contribution in [2.75, 3.05) is 0 Å². The Hall–Kier alpha value is -1.80. The Kier molecular flexibility index (Phi) is 7.33. The van der Waals surface area contributed by atoms with E-state index >= 15 is 0 Å². The maximum Gasteiger partial charge on any atom is 0.245 e. The first-order valence-corrected chi connectivity index (χ1v) is 9.56.